The van der Waals surface area contributed by atoms with Crippen molar-refractivity contribution >= 4 is 8.07 Å². The largest absolute Gasteiger partial charge is 0.465 e. The van der Waals surface area contributed by atoms with Crippen molar-refractivity contribution in [1.29, 1.82) is 0 Å². The van der Waals surface area contributed by atoms with Crippen molar-refractivity contribution in [2.45, 2.75) is 52.1 Å². The van der Waals surface area contributed by atoms with Gasteiger partial charge in [-0.25, -0.2) is 0 Å². The maximum atomic E-state index is 5.92. The smallest absolute Gasteiger partial charge is 0.199 e. The van der Waals surface area contributed by atoms with Crippen LogP contribution in [0.25, 0.3) is 0 Å². The molecule has 0 saturated carbocycles. The lowest BCUT2D eigenvalue weighted by Crippen LogP contribution is -2.25. The summed E-state index contributed by atoms with van der Waals surface area (Å²) in [4.78, 5) is 0. The predicted molar refractivity (Wildman–Crippen MR) is 85.6 cm³/mol. The van der Waals surface area contributed by atoms with E-state index in [1.165, 1.54) is 6.42 Å². The third-order valence-electron chi connectivity index (χ3n) is 3.15. The molecule has 0 spiro atoms. The molecule has 1 unspecified atom stereocenters. The molecule has 0 aromatic heterocycles. The molecule has 1 saturated heterocycles. The van der Waals surface area contributed by atoms with E-state index >= 15 is 0 Å². The fourth-order valence-corrected chi connectivity index (χ4v) is 2.58. The van der Waals surface area contributed by atoms with E-state index in [0.717, 1.165) is 36.3 Å². The van der Waals surface area contributed by atoms with Gasteiger partial charge >= 0.3 is 0 Å². The summed E-state index contributed by atoms with van der Waals surface area (Å²) < 4.78 is 11.5. The van der Waals surface area contributed by atoms with E-state index < -0.39 is 8.07 Å². The second kappa shape index (κ2) is 6.47. The summed E-state index contributed by atoms with van der Waals surface area (Å²) >= 11 is 0. The van der Waals surface area contributed by atoms with Gasteiger partial charge in [0.25, 0.3) is 0 Å². The van der Waals surface area contributed by atoms with E-state index in [1.807, 2.05) is 12.1 Å². The van der Waals surface area contributed by atoms with Gasteiger partial charge in [-0.1, -0.05) is 25.6 Å². The monoisotopic (exact) mass is 288 g/mol. The van der Waals surface area contributed by atoms with Crippen molar-refractivity contribution in [2.75, 3.05) is 6.61 Å². The average Bonchev–Trinajstić information content (AvgIpc) is 2.40. The molecule has 1 fully saturated rings. The minimum Gasteiger partial charge on any atom is -0.465 e. The molecule has 1 aliphatic heterocycles. The third kappa shape index (κ3) is 4.70. The first-order valence-corrected chi connectivity index (χ1v) is 10.9. The fraction of sp³-hybridized carbons (Fsp3) is 0.529. The van der Waals surface area contributed by atoms with E-state index in [4.69, 9.17) is 9.47 Å². The van der Waals surface area contributed by atoms with Crippen LogP contribution in [0, 0.1) is 18.4 Å². The molecule has 1 heterocycles. The van der Waals surface area contributed by atoms with Crippen LogP contribution in [0.15, 0.2) is 18.2 Å². The summed E-state index contributed by atoms with van der Waals surface area (Å²) in [5, 5.41) is 0. The maximum absolute atomic E-state index is 5.92. The summed E-state index contributed by atoms with van der Waals surface area (Å²) in [6, 6.07) is 6.16. The minimum absolute atomic E-state index is 0.0821. The van der Waals surface area contributed by atoms with Gasteiger partial charge in [0.1, 0.15) is 13.8 Å². The molecule has 1 aliphatic rings. The van der Waals surface area contributed by atoms with Crippen molar-refractivity contribution < 1.29 is 9.47 Å². The Morgan fingerprint density at radius 2 is 2.05 bits per heavy atom. The van der Waals surface area contributed by atoms with Gasteiger partial charge in [-0.3, -0.25) is 0 Å². The highest BCUT2D eigenvalue weighted by molar-refractivity contribution is 6.83. The molecule has 0 aliphatic carbocycles. The molecular weight excluding hydrogens is 264 g/mol. The first-order chi connectivity index (χ1) is 9.44. The number of hydrogen-bond donors (Lipinski definition) is 0. The Morgan fingerprint density at radius 1 is 1.25 bits per heavy atom. The Hall–Kier alpha value is -1.24. The Kier molecular flexibility index (Phi) is 4.90. The lowest BCUT2D eigenvalue weighted by Gasteiger charge is -2.24. The van der Waals surface area contributed by atoms with E-state index in [2.05, 4.69) is 44.1 Å². The van der Waals surface area contributed by atoms with Crippen LogP contribution >= 0.6 is 0 Å². The second-order valence-corrected chi connectivity index (χ2v) is 11.1. The molecule has 1 aromatic carbocycles. The average molecular weight is 288 g/mol. The van der Waals surface area contributed by atoms with Gasteiger partial charge < -0.3 is 9.47 Å². The van der Waals surface area contributed by atoms with Crippen LogP contribution in [0.4, 0.5) is 0 Å². The normalized spacial score (nSPS) is 19.1. The molecule has 0 bridgehead atoms. The Morgan fingerprint density at radius 3 is 2.65 bits per heavy atom. The van der Waals surface area contributed by atoms with E-state index in [-0.39, 0.29) is 6.29 Å². The van der Waals surface area contributed by atoms with Crippen molar-refractivity contribution in [2.24, 2.45) is 0 Å². The highest BCUT2D eigenvalue weighted by Gasteiger charge is 2.16. The summed E-state index contributed by atoms with van der Waals surface area (Å²) in [5.41, 5.74) is 5.59. The quantitative estimate of drug-likeness (QED) is 0.602. The van der Waals surface area contributed by atoms with Crippen LogP contribution in [-0.2, 0) is 4.74 Å². The van der Waals surface area contributed by atoms with E-state index in [1.54, 1.807) is 0 Å². The topological polar surface area (TPSA) is 18.5 Å². The van der Waals surface area contributed by atoms with Gasteiger partial charge in [-0.2, -0.15) is 0 Å². The Balaban J connectivity index is 2.07. The molecule has 0 radical (unpaired) electrons. The van der Waals surface area contributed by atoms with Gasteiger partial charge in [-0.05, 0) is 43.5 Å². The second-order valence-electron chi connectivity index (χ2n) is 6.39. The number of aryl methyl sites for hydroxylation is 1. The zero-order valence-corrected chi connectivity index (χ0v) is 14.0. The van der Waals surface area contributed by atoms with Crippen LogP contribution in [0.2, 0.25) is 19.6 Å². The van der Waals surface area contributed by atoms with Gasteiger partial charge in [-0.15, -0.1) is 5.54 Å². The standard InChI is InChI=1S/C17H24O2Si/c1-14-13-15(10-12-20(2,3)4)8-9-16(14)19-17-7-5-6-11-18-17/h8-9,13,17H,5-7,11H2,1-4H3. The molecule has 0 N–H and O–H groups in total. The molecule has 2 nitrogen and oxygen atoms in total. The molecule has 3 heteroatoms. The molecule has 1 atom stereocenters. The molecule has 20 heavy (non-hydrogen) atoms. The zero-order valence-electron chi connectivity index (χ0n) is 13.0. The van der Waals surface area contributed by atoms with Crippen LogP contribution in [0.1, 0.15) is 30.4 Å². The number of ether oxygens (including phenoxy) is 2. The minimum atomic E-state index is -1.32. The van der Waals surface area contributed by atoms with Crippen molar-refractivity contribution in [3.05, 3.63) is 29.3 Å². The third-order valence-corrected chi connectivity index (χ3v) is 4.03. The van der Waals surface area contributed by atoms with Gasteiger partial charge in [0, 0.05) is 12.0 Å². The molecule has 108 valence electrons. The summed E-state index contributed by atoms with van der Waals surface area (Å²) in [5.74, 6) is 4.19. The highest BCUT2D eigenvalue weighted by atomic mass is 28.3. The van der Waals surface area contributed by atoms with Crippen LogP contribution < -0.4 is 4.74 Å². The zero-order chi connectivity index (χ0) is 14.6. The van der Waals surface area contributed by atoms with Crippen LogP contribution in [0.5, 0.6) is 5.75 Å². The lowest BCUT2D eigenvalue weighted by molar-refractivity contribution is -0.106. The molecule has 2 rings (SSSR count). The molecule has 1 aromatic rings. The first-order valence-electron chi connectivity index (χ1n) is 7.36. The van der Waals surface area contributed by atoms with Crippen LogP contribution in [-0.4, -0.2) is 21.0 Å². The summed E-state index contributed by atoms with van der Waals surface area (Å²) in [7, 11) is -1.32. The van der Waals surface area contributed by atoms with Crippen LogP contribution in [0.3, 0.4) is 0 Å². The van der Waals surface area contributed by atoms with Crippen molar-refractivity contribution in [1.82, 2.24) is 0 Å². The Labute approximate surface area is 123 Å². The highest BCUT2D eigenvalue weighted by Crippen LogP contribution is 2.23. The number of hydrogen-bond acceptors (Lipinski definition) is 2. The summed E-state index contributed by atoms with van der Waals surface area (Å²) in [6.07, 6.45) is 3.23. The van der Waals surface area contributed by atoms with Gasteiger partial charge in [0.15, 0.2) is 6.29 Å². The Bertz CT molecular complexity index is 514. The maximum Gasteiger partial charge on any atom is 0.199 e. The molecule has 0 amide bonds. The predicted octanol–water partition coefficient (Wildman–Crippen LogP) is 4.13. The van der Waals surface area contributed by atoms with E-state index in [0.29, 0.717) is 0 Å². The van der Waals surface area contributed by atoms with E-state index in [9.17, 15) is 0 Å². The fourth-order valence-electron chi connectivity index (χ4n) is 2.06. The van der Waals surface area contributed by atoms with Crippen molar-refractivity contribution in [3.8, 4) is 17.2 Å². The SMILES string of the molecule is Cc1cc(C#C[Si](C)(C)C)ccc1OC1CCCCO1. The molecular formula is C17H24O2Si. The van der Waals surface area contributed by atoms with Crippen molar-refractivity contribution in [3.63, 3.8) is 0 Å². The van der Waals surface area contributed by atoms with Gasteiger partial charge in [0.2, 0.25) is 0 Å². The van der Waals surface area contributed by atoms with Gasteiger partial charge in [0.05, 0.1) is 6.61 Å². The number of benzene rings is 1. The number of rotatable bonds is 2. The lowest BCUT2D eigenvalue weighted by atomic mass is 10.1. The first kappa shape index (κ1) is 15.2. The summed E-state index contributed by atoms with van der Waals surface area (Å²) in [6.45, 7) is 9.64.